The molecule has 0 spiro atoms. The number of benzene rings is 2. The molecule has 26 heavy (non-hydrogen) atoms. The zero-order chi connectivity index (χ0) is 19.1. The van der Waals surface area contributed by atoms with Crippen LogP contribution >= 0.6 is 0 Å². The van der Waals surface area contributed by atoms with Crippen LogP contribution in [0.3, 0.4) is 0 Å². The van der Waals surface area contributed by atoms with Gasteiger partial charge in [-0.1, -0.05) is 29.8 Å². The number of nitrogens with zero attached hydrogens (tertiary/aromatic N) is 2. The van der Waals surface area contributed by atoms with E-state index in [1.807, 2.05) is 62.5 Å². The highest BCUT2D eigenvalue weighted by atomic mass is 16.5. The molecule has 2 aromatic carbocycles. The molecule has 0 aromatic heterocycles. The standard InChI is InChI=1S/C20H25N3O3/c1-15-9-11-16(12-10-15)21-19(24)13-23(3)20(25)14-22(2)17-7-5-6-8-18(17)26-4/h5-12H,13-14H2,1-4H3,(H,21,24). The summed E-state index contributed by atoms with van der Waals surface area (Å²) in [5.41, 5.74) is 2.66. The van der Waals surface area contributed by atoms with Crippen LogP contribution < -0.4 is 15.0 Å². The highest BCUT2D eigenvalue weighted by Gasteiger charge is 2.17. The summed E-state index contributed by atoms with van der Waals surface area (Å²) in [7, 11) is 5.03. The minimum atomic E-state index is -0.232. The number of carbonyl (C=O) groups excluding carboxylic acids is 2. The van der Waals surface area contributed by atoms with Gasteiger partial charge in [-0.2, -0.15) is 0 Å². The lowest BCUT2D eigenvalue weighted by molar-refractivity contribution is -0.132. The van der Waals surface area contributed by atoms with Crippen molar-refractivity contribution in [3.8, 4) is 5.75 Å². The molecule has 0 aliphatic carbocycles. The monoisotopic (exact) mass is 355 g/mol. The molecule has 0 saturated carbocycles. The number of carbonyl (C=O) groups is 2. The summed E-state index contributed by atoms with van der Waals surface area (Å²) in [6, 6.07) is 15.0. The molecule has 6 heteroatoms. The van der Waals surface area contributed by atoms with Gasteiger partial charge in [-0.05, 0) is 31.2 Å². The molecule has 0 bridgehead atoms. The molecule has 2 rings (SSSR count). The third-order valence-electron chi connectivity index (χ3n) is 4.01. The van der Waals surface area contributed by atoms with Crippen LogP contribution in [0.2, 0.25) is 0 Å². The second kappa shape index (κ2) is 8.89. The Hall–Kier alpha value is -3.02. The molecule has 0 aliphatic rings. The first kappa shape index (κ1) is 19.3. The van der Waals surface area contributed by atoms with Gasteiger partial charge in [0, 0.05) is 19.8 Å². The van der Waals surface area contributed by atoms with Gasteiger partial charge in [0.05, 0.1) is 25.9 Å². The number of anilines is 2. The van der Waals surface area contributed by atoms with Crippen molar-refractivity contribution in [3.05, 3.63) is 54.1 Å². The van der Waals surface area contributed by atoms with Crippen molar-refractivity contribution in [2.24, 2.45) is 0 Å². The van der Waals surface area contributed by atoms with Crippen LogP contribution in [0.5, 0.6) is 5.75 Å². The van der Waals surface area contributed by atoms with Crippen molar-refractivity contribution in [3.63, 3.8) is 0 Å². The summed E-state index contributed by atoms with van der Waals surface area (Å²) in [6.07, 6.45) is 0. The molecule has 0 fully saturated rings. The van der Waals surface area contributed by atoms with Crippen LogP contribution in [0, 0.1) is 6.92 Å². The number of amides is 2. The van der Waals surface area contributed by atoms with E-state index in [4.69, 9.17) is 4.74 Å². The Kier molecular flexibility index (Phi) is 6.60. The van der Waals surface area contributed by atoms with Gasteiger partial charge in [0.1, 0.15) is 5.75 Å². The van der Waals surface area contributed by atoms with Crippen molar-refractivity contribution < 1.29 is 14.3 Å². The highest BCUT2D eigenvalue weighted by Crippen LogP contribution is 2.26. The molecule has 0 aliphatic heterocycles. The number of para-hydroxylation sites is 2. The third kappa shape index (κ3) is 5.24. The van der Waals surface area contributed by atoms with Gasteiger partial charge >= 0.3 is 0 Å². The smallest absolute Gasteiger partial charge is 0.243 e. The number of hydrogen-bond acceptors (Lipinski definition) is 4. The largest absolute Gasteiger partial charge is 0.495 e. The number of methoxy groups -OCH3 is 1. The summed E-state index contributed by atoms with van der Waals surface area (Å²) in [5, 5.41) is 2.79. The van der Waals surface area contributed by atoms with E-state index < -0.39 is 0 Å². The van der Waals surface area contributed by atoms with Crippen LogP contribution in [0.1, 0.15) is 5.56 Å². The van der Waals surface area contributed by atoms with Crippen molar-refractivity contribution in [2.45, 2.75) is 6.92 Å². The van der Waals surface area contributed by atoms with Gasteiger partial charge < -0.3 is 19.9 Å². The molecule has 2 amide bonds. The molecule has 0 saturated heterocycles. The number of rotatable bonds is 7. The molecule has 2 aromatic rings. The Morgan fingerprint density at radius 3 is 2.31 bits per heavy atom. The maximum atomic E-state index is 12.4. The minimum Gasteiger partial charge on any atom is -0.495 e. The molecule has 0 radical (unpaired) electrons. The average Bonchev–Trinajstić information content (AvgIpc) is 2.63. The first-order valence-electron chi connectivity index (χ1n) is 8.35. The van der Waals surface area contributed by atoms with Crippen LogP contribution in [-0.4, -0.2) is 51.0 Å². The SMILES string of the molecule is COc1ccccc1N(C)CC(=O)N(C)CC(=O)Nc1ccc(C)cc1. The number of nitrogens with one attached hydrogen (secondary N) is 1. The fourth-order valence-electron chi connectivity index (χ4n) is 2.49. The van der Waals surface area contributed by atoms with Crippen LogP contribution in [-0.2, 0) is 9.59 Å². The maximum absolute atomic E-state index is 12.4. The highest BCUT2D eigenvalue weighted by molar-refractivity contribution is 5.95. The lowest BCUT2D eigenvalue weighted by Crippen LogP contribution is -2.40. The molecule has 1 N–H and O–H groups in total. The third-order valence-corrected chi connectivity index (χ3v) is 4.01. The van der Waals surface area contributed by atoms with Gasteiger partial charge in [0.25, 0.3) is 0 Å². The normalized spacial score (nSPS) is 10.2. The van der Waals surface area contributed by atoms with Crippen molar-refractivity contribution >= 4 is 23.2 Å². The molecular formula is C20H25N3O3. The molecule has 0 unspecified atom stereocenters. The lowest BCUT2D eigenvalue weighted by Gasteiger charge is -2.24. The Bertz CT molecular complexity index is 759. The molecule has 6 nitrogen and oxygen atoms in total. The fraction of sp³-hybridized carbons (Fsp3) is 0.300. The van der Waals surface area contributed by atoms with Crippen molar-refractivity contribution in [2.75, 3.05) is 44.5 Å². The second-order valence-corrected chi connectivity index (χ2v) is 6.19. The zero-order valence-electron chi connectivity index (χ0n) is 15.7. The predicted octanol–water partition coefficient (Wildman–Crippen LogP) is 2.54. The van der Waals surface area contributed by atoms with Gasteiger partial charge in [-0.3, -0.25) is 9.59 Å². The summed E-state index contributed by atoms with van der Waals surface area (Å²) >= 11 is 0. The van der Waals surface area contributed by atoms with Crippen molar-refractivity contribution in [1.29, 1.82) is 0 Å². The summed E-state index contributed by atoms with van der Waals surface area (Å²) in [5.74, 6) is 0.310. The first-order chi connectivity index (χ1) is 12.4. The summed E-state index contributed by atoms with van der Waals surface area (Å²) in [6.45, 7) is 2.12. The Balaban J connectivity index is 1.90. The molecule has 0 heterocycles. The van der Waals surface area contributed by atoms with Crippen molar-refractivity contribution in [1.82, 2.24) is 4.90 Å². The fourth-order valence-corrected chi connectivity index (χ4v) is 2.49. The van der Waals surface area contributed by atoms with E-state index in [1.54, 1.807) is 19.1 Å². The lowest BCUT2D eigenvalue weighted by atomic mass is 10.2. The number of hydrogen-bond donors (Lipinski definition) is 1. The Morgan fingerprint density at radius 1 is 1.00 bits per heavy atom. The zero-order valence-corrected chi connectivity index (χ0v) is 15.7. The summed E-state index contributed by atoms with van der Waals surface area (Å²) < 4.78 is 5.32. The second-order valence-electron chi connectivity index (χ2n) is 6.19. The minimum absolute atomic E-state index is 0.00747. The van der Waals surface area contributed by atoms with Gasteiger partial charge in [-0.25, -0.2) is 0 Å². The number of aryl methyl sites for hydroxylation is 1. The predicted molar refractivity (Wildman–Crippen MR) is 104 cm³/mol. The van der Waals surface area contributed by atoms with Crippen LogP contribution in [0.15, 0.2) is 48.5 Å². The Labute approximate surface area is 154 Å². The summed E-state index contributed by atoms with van der Waals surface area (Å²) in [4.78, 5) is 27.8. The van der Waals surface area contributed by atoms with E-state index >= 15 is 0 Å². The van der Waals surface area contributed by atoms with Gasteiger partial charge in [0.2, 0.25) is 11.8 Å². The van der Waals surface area contributed by atoms with Crippen LogP contribution in [0.25, 0.3) is 0 Å². The van der Waals surface area contributed by atoms with E-state index in [0.717, 1.165) is 11.3 Å². The average molecular weight is 355 g/mol. The van der Waals surface area contributed by atoms with Crippen LogP contribution in [0.4, 0.5) is 11.4 Å². The van der Waals surface area contributed by atoms with Gasteiger partial charge in [-0.15, -0.1) is 0 Å². The quantitative estimate of drug-likeness (QED) is 0.829. The number of likely N-dealkylation sites (N-methyl/N-ethyl adjacent to an activating group) is 2. The molecule has 138 valence electrons. The topological polar surface area (TPSA) is 61.9 Å². The van der Waals surface area contributed by atoms with E-state index in [1.165, 1.54) is 4.90 Å². The van der Waals surface area contributed by atoms with E-state index in [9.17, 15) is 9.59 Å². The first-order valence-corrected chi connectivity index (χ1v) is 8.35. The Morgan fingerprint density at radius 2 is 1.65 bits per heavy atom. The van der Waals surface area contributed by atoms with E-state index in [0.29, 0.717) is 11.4 Å². The van der Waals surface area contributed by atoms with Gasteiger partial charge in [0.15, 0.2) is 0 Å². The maximum Gasteiger partial charge on any atom is 0.243 e. The molecular weight excluding hydrogens is 330 g/mol. The van der Waals surface area contributed by atoms with E-state index in [2.05, 4.69) is 5.32 Å². The number of ether oxygens (including phenoxy) is 1. The van der Waals surface area contributed by atoms with E-state index in [-0.39, 0.29) is 24.9 Å². The molecule has 0 atom stereocenters.